The van der Waals surface area contributed by atoms with E-state index in [1.54, 1.807) is 14.1 Å². The van der Waals surface area contributed by atoms with E-state index in [9.17, 15) is 4.79 Å². The highest BCUT2D eigenvalue weighted by Gasteiger charge is 2.17. The summed E-state index contributed by atoms with van der Waals surface area (Å²) in [6.07, 6.45) is 7.16. The standard InChI is InChI=1S/C15H18N2O2/c1-4-9-17-10-5-6-12-7-8-13(11-14(12)17)19-15(18)16(2)3/h1,7-8,11H,5-6,9-10H2,2-3H3. The molecule has 0 N–H and O–H groups in total. The summed E-state index contributed by atoms with van der Waals surface area (Å²) in [6.45, 7) is 1.53. The van der Waals surface area contributed by atoms with Crippen LogP contribution in [0.15, 0.2) is 18.2 Å². The number of amides is 1. The Balaban J connectivity index is 2.23. The van der Waals surface area contributed by atoms with E-state index in [2.05, 4.69) is 10.8 Å². The van der Waals surface area contributed by atoms with E-state index in [0.29, 0.717) is 12.3 Å². The molecule has 1 heterocycles. The lowest BCUT2D eigenvalue weighted by molar-refractivity contribution is 0.172. The maximum absolute atomic E-state index is 11.5. The summed E-state index contributed by atoms with van der Waals surface area (Å²) >= 11 is 0. The molecule has 0 radical (unpaired) electrons. The molecule has 0 bridgehead atoms. The fourth-order valence-corrected chi connectivity index (χ4v) is 2.16. The Morgan fingerprint density at radius 2 is 2.32 bits per heavy atom. The molecule has 4 heteroatoms. The largest absolute Gasteiger partial charge is 0.414 e. The number of hydrogen-bond acceptors (Lipinski definition) is 3. The lowest BCUT2D eigenvalue weighted by Gasteiger charge is -2.30. The van der Waals surface area contributed by atoms with Gasteiger partial charge < -0.3 is 14.5 Å². The molecule has 1 aromatic rings. The predicted octanol–water partition coefficient (Wildman–Crippen LogP) is 2.13. The van der Waals surface area contributed by atoms with Crippen LogP contribution in [0.25, 0.3) is 0 Å². The van der Waals surface area contributed by atoms with E-state index >= 15 is 0 Å². The maximum Gasteiger partial charge on any atom is 0.414 e. The Hall–Kier alpha value is -2.15. The van der Waals surface area contributed by atoms with Crippen LogP contribution < -0.4 is 9.64 Å². The molecule has 2 rings (SSSR count). The van der Waals surface area contributed by atoms with Crippen LogP contribution in [0.3, 0.4) is 0 Å². The molecule has 0 saturated heterocycles. The third-order valence-electron chi connectivity index (χ3n) is 3.12. The quantitative estimate of drug-likeness (QED) is 0.762. The number of fused-ring (bicyclic) bond motifs is 1. The number of ether oxygens (including phenoxy) is 1. The van der Waals surface area contributed by atoms with Crippen LogP contribution in [0.5, 0.6) is 5.75 Å². The average Bonchev–Trinajstić information content (AvgIpc) is 2.39. The second kappa shape index (κ2) is 5.66. The third kappa shape index (κ3) is 3.00. The van der Waals surface area contributed by atoms with Gasteiger partial charge in [0.15, 0.2) is 0 Å². The van der Waals surface area contributed by atoms with E-state index in [0.717, 1.165) is 25.1 Å². The fourth-order valence-electron chi connectivity index (χ4n) is 2.16. The summed E-state index contributed by atoms with van der Waals surface area (Å²) in [5.74, 6) is 3.22. The van der Waals surface area contributed by atoms with Crippen molar-refractivity contribution in [2.75, 3.05) is 32.1 Å². The van der Waals surface area contributed by atoms with Crippen LogP contribution in [0, 0.1) is 12.3 Å². The first-order valence-electron chi connectivity index (χ1n) is 6.32. The minimum Gasteiger partial charge on any atom is -0.410 e. The van der Waals surface area contributed by atoms with Crippen molar-refractivity contribution >= 4 is 11.8 Å². The first-order valence-corrected chi connectivity index (χ1v) is 6.32. The lowest BCUT2D eigenvalue weighted by atomic mass is 10.0. The predicted molar refractivity (Wildman–Crippen MR) is 75.5 cm³/mol. The normalized spacial score (nSPS) is 13.4. The first-order chi connectivity index (χ1) is 9.11. The van der Waals surface area contributed by atoms with Crippen molar-refractivity contribution in [2.45, 2.75) is 12.8 Å². The van der Waals surface area contributed by atoms with E-state index in [1.807, 2.05) is 18.2 Å². The topological polar surface area (TPSA) is 32.8 Å². The van der Waals surface area contributed by atoms with Gasteiger partial charge in [0.1, 0.15) is 5.75 Å². The van der Waals surface area contributed by atoms with Crippen molar-refractivity contribution in [3.05, 3.63) is 23.8 Å². The molecule has 1 aromatic carbocycles. The Morgan fingerprint density at radius 1 is 1.53 bits per heavy atom. The maximum atomic E-state index is 11.5. The van der Waals surface area contributed by atoms with Crippen LogP contribution in [0.4, 0.5) is 10.5 Å². The number of terminal acetylenes is 1. The molecule has 0 saturated carbocycles. The van der Waals surface area contributed by atoms with Gasteiger partial charge in [-0.15, -0.1) is 6.42 Å². The molecule has 1 aliphatic rings. The van der Waals surface area contributed by atoms with Crippen molar-refractivity contribution in [1.82, 2.24) is 4.90 Å². The molecule has 0 unspecified atom stereocenters. The number of anilines is 1. The van der Waals surface area contributed by atoms with Gasteiger partial charge in [0.25, 0.3) is 0 Å². The molecule has 0 fully saturated rings. The summed E-state index contributed by atoms with van der Waals surface area (Å²) in [7, 11) is 3.32. The monoisotopic (exact) mass is 258 g/mol. The Kier molecular flexibility index (Phi) is 3.96. The third-order valence-corrected chi connectivity index (χ3v) is 3.12. The molecular weight excluding hydrogens is 240 g/mol. The Morgan fingerprint density at radius 3 is 3.00 bits per heavy atom. The van der Waals surface area contributed by atoms with E-state index in [4.69, 9.17) is 11.2 Å². The minimum absolute atomic E-state index is 0.376. The number of carbonyl (C=O) groups excluding carboxylic acids is 1. The zero-order valence-electron chi connectivity index (χ0n) is 11.3. The summed E-state index contributed by atoms with van der Waals surface area (Å²) < 4.78 is 5.28. The first kappa shape index (κ1) is 13.3. The van der Waals surface area contributed by atoms with Crippen molar-refractivity contribution in [3.63, 3.8) is 0 Å². The van der Waals surface area contributed by atoms with Crippen molar-refractivity contribution in [1.29, 1.82) is 0 Å². The van der Waals surface area contributed by atoms with Gasteiger partial charge in [-0.2, -0.15) is 0 Å². The second-order valence-corrected chi connectivity index (χ2v) is 4.78. The molecule has 1 amide bonds. The minimum atomic E-state index is -0.376. The highest BCUT2D eigenvalue weighted by atomic mass is 16.6. The van der Waals surface area contributed by atoms with Crippen molar-refractivity contribution in [2.24, 2.45) is 0 Å². The number of hydrogen-bond donors (Lipinski definition) is 0. The van der Waals surface area contributed by atoms with Crippen molar-refractivity contribution in [3.8, 4) is 18.1 Å². The van der Waals surface area contributed by atoms with E-state index in [-0.39, 0.29) is 6.09 Å². The highest BCUT2D eigenvalue weighted by Crippen LogP contribution is 2.30. The van der Waals surface area contributed by atoms with Crippen LogP contribution in [-0.4, -0.2) is 38.2 Å². The van der Waals surface area contributed by atoms with E-state index in [1.165, 1.54) is 10.5 Å². The lowest BCUT2D eigenvalue weighted by Crippen LogP contribution is -2.30. The van der Waals surface area contributed by atoms with Crippen molar-refractivity contribution < 1.29 is 9.53 Å². The number of nitrogens with zero attached hydrogens (tertiary/aromatic N) is 2. The zero-order chi connectivity index (χ0) is 13.8. The highest BCUT2D eigenvalue weighted by molar-refractivity contribution is 5.71. The number of aryl methyl sites for hydroxylation is 1. The molecule has 1 aliphatic heterocycles. The van der Waals surface area contributed by atoms with Crippen LogP contribution in [0.1, 0.15) is 12.0 Å². The Labute approximate surface area is 114 Å². The van der Waals surface area contributed by atoms with Gasteiger partial charge in [-0.1, -0.05) is 12.0 Å². The molecule has 0 atom stereocenters. The molecule has 4 nitrogen and oxygen atoms in total. The summed E-state index contributed by atoms with van der Waals surface area (Å²) in [5, 5.41) is 0. The SMILES string of the molecule is C#CCN1CCCc2ccc(OC(=O)N(C)C)cc21. The van der Waals surface area contributed by atoms with Crippen LogP contribution in [-0.2, 0) is 6.42 Å². The number of rotatable bonds is 2. The number of carbonyl (C=O) groups is 1. The molecule has 100 valence electrons. The van der Waals surface area contributed by atoms with E-state index < -0.39 is 0 Å². The van der Waals surface area contributed by atoms with Gasteiger partial charge >= 0.3 is 6.09 Å². The molecule has 0 aliphatic carbocycles. The Bertz CT molecular complexity index is 517. The fraction of sp³-hybridized carbons (Fsp3) is 0.400. The van der Waals surface area contributed by atoms with Gasteiger partial charge in [-0.3, -0.25) is 0 Å². The summed E-state index contributed by atoms with van der Waals surface area (Å²) in [6, 6.07) is 5.74. The second-order valence-electron chi connectivity index (χ2n) is 4.78. The molecule has 19 heavy (non-hydrogen) atoms. The van der Waals surface area contributed by atoms with Gasteiger partial charge in [0.05, 0.1) is 6.54 Å². The molecular formula is C15H18N2O2. The molecule has 0 spiro atoms. The van der Waals surface area contributed by atoms with Gasteiger partial charge in [0.2, 0.25) is 0 Å². The average molecular weight is 258 g/mol. The summed E-state index contributed by atoms with van der Waals surface area (Å²) in [5.41, 5.74) is 2.33. The van der Waals surface area contributed by atoms with Gasteiger partial charge in [-0.25, -0.2) is 4.79 Å². The number of benzene rings is 1. The van der Waals surface area contributed by atoms with Gasteiger partial charge in [-0.05, 0) is 24.5 Å². The van der Waals surface area contributed by atoms with Crippen LogP contribution >= 0.6 is 0 Å². The van der Waals surface area contributed by atoms with Gasteiger partial charge in [0, 0.05) is 32.4 Å². The molecule has 0 aromatic heterocycles. The van der Waals surface area contributed by atoms with Crippen LogP contribution in [0.2, 0.25) is 0 Å². The zero-order valence-corrected chi connectivity index (χ0v) is 11.3. The summed E-state index contributed by atoms with van der Waals surface area (Å²) in [4.78, 5) is 15.1. The smallest absolute Gasteiger partial charge is 0.410 e.